The number of aliphatic hydroxyl groups excluding tert-OH is 1. The minimum atomic E-state index is -3.56. The topological polar surface area (TPSA) is 69.6 Å². The summed E-state index contributed by atoms with van der Waals surface area (Å²) in [4.78, 5) is 0.307. The van der Waals surface area contributed by atoms with Gasteiger partial charge >= 0.3 is 0 Å². The summed E-state index contributed by atoms with van der Waals surface area (Å²) in [7, 11) is -3.56. The summed E-state index contributed by atoms with van der Waals surface area (Å²) in [6.07, 6.45) is 0.680. The first-order valence-electron chi connectivity index (χ1n) is 8.99. The van der Waals surface area contributed by atoms with E-state index >= 15 is 0 Å². The minimum Gasteiger partial charge on any atom is -0.391 e. The summed E-state index contributed by atoms with van der Waals surface area (Å²) in [6, 6.07) is 16.5. The average molecular weight is 375 g/mol. The average Bonchev–Trinajstić information content (AvgIpc) is 2.83. The lowest BCUT2D eigenvalue weighted by atomic mass is 10.1. The van der Waals surface area contributed by atoms with Crippen LogP contribution in [0.25, 0.3) is 0 Å². The van der Waals surface area contributed by atoms with E-state index in [4.69, 9.17) is 0 Å². The lowest BCUT2D eigenvalue weighted by Crippen LogP contribution is -2.47. The molecule has 0 radical (unpaired) electrons. The quantitative estimate of drug-likeness (QED) is 0.843. The van der Waals surface area contributed by atoms with Gasteiger partial charge in [0.25, 0.3) is 0 Å². The van der Waals surface area contributed by atoms with Crippen molar-refractivity contribution in [3.63, 3.8) is 0 Å². The van der Waals surface area contributed by atoms with Crippen LogP contribution in [-0.2, 0) is 16.6 Å². The third-order valence-electron chi connectivity index (χ3n) is 4.84. The molecule has 6 heteroatoms. The Bertz CT molecular complexity index is 807. The van der Waals surface area contributed by atoms with Crippen LogP contribution in [0, 0.1) is 6.92 Å². The molecule has 0 saturated carbocycles. The lowest BCUT2D eigenvalue weighted by Gasteiger charge is -2.27. The normalized spacial score (nSPS) is 22.1. The summed E-state index contributed by atoms with van der Waals surface area (Å²) in [5.41, 5.74) is 2.13. The van der Waals surface area contributed by atoms with Gasteiger partial charge in [-0.15, -0.1) is 0 Å². The van der Waals surface area contributed by atoms with Gasteiger partial charge in [-0.25, -0.2) is 8.42 Å². The van der Waals surface area contributed by atoms with E-state index in [1.165, 1.54) is 4.31 Å². The molecule has 3 rings (SSSR count). The SMILES string of the molecule is Cc1ccc(S(=O)(=O)N2CCC[C@@H](O)[C@H](NCc3ccccc3)C2)cc1. The Labute approximate surface area is 155 Å². The van der Waals surface area contributed by atoms with Crippen LogP contribution in [0.3, 0.4) is 0 Å². The van der Waals surface area contributed by atoms with Crippen LogP contribution >= 0.6 is 0 Å². The molecule has 0 unspecified atom stereocenters. The summed E-state index contributed by atoms with van der Waals surface area (Å²) in [5, 5.41) is 13.8. The number of benzene rings is 2. The van der Waals surface area contributed by atoms with Gasteiger partial charge in [0.1, 0.15) is 0 Å². The zero-order valence-electron chi connectivity index (χ0n) is 15.0. The molecule has 1 heterocycles. The van der Waals surface area contributed by atoms with E-state index in [1.807, 2.05) is 49.4 Å². The number of hydrogen-bond donors (Lipinski definition) is 2. The number of hydrogen-bond acceptors (Lipinski definition) is 4. The first kappa shape index (κ1) is 19.0. The molecule has 0 aliphatic carbocycles. The summed E-state index contributed by atoms with van der Waals surface area (Å²) < 4.78 is 27.5. The van der Waals surface area contributed by atoms with Gasteiger partial charge in [-0.05, 0) is 37.5 Å². The maximum Gasteiger partial charge on any atom is 0.243 e. The second-order valence-electron chi connectivity index (χ2n) is 6.86. The molecule has 2 N–H and O–H groups in total. The Kier molecular flexibility index (Phi) is 6.09. The van der Waals surface area contributed by atoms with Gasteiger partial charge in [0.15, 0.2) is 0 Å². The molecule has 2 aromatic rings. The lowest BCUT2D eigenvalue weighted by molar-refractivity contribution is 0.120. The van der Waals surface area contributed by atoms with Gasteiger partial charge in [0.2, 0.25) is 10.0 Å². The number of nitrogens with one attached hydrogen (secondary N) is 1. The van der Waals surface area contributed by atoms with Crippen molar-refractivity contribution in [1.29, 1.82) is 0 Å². The van der Waals surface area contributed by atoms with Gasteiger partial charge in [-0.3, -0.25) is 0 Å². The van der Waals surface area contributed by atoms with Crippen LogP contribution in [0.4, 0.5) is 0 Å². The second kappa shape index (κ2) is 8.31. The Morgan fingerprint density at radius 1 is 1.12 bits per heavy atom. The number of aliphatic hydroxyl groups is 1. The molecule has 140 valence electrons. The summed E-state index contributed by atoms with van der Waals surface area (Å²) in [5.74, 6) is 0. The summed E-state index contributed by atoms with van der Waals surface area (Å²) in [6.45, 7) is 3.23. The fraction of sp³-hybridized carbons (Fsp3) is 0.400. The molecule has 1 fully saturated rings. The highest BCUT2D eigenvalue weighted by Crippen LogP contribution is 2.21. The minimum absolute atomic E-state index is 0.268. The van der Waals surface area contributed by atoms with E-state index in [-0.39, 0.29) is 12.6 Å². The van der Waals surface area contributed by atoms with Crippen molar-refractivity contribution in [1.82, 2.24) is 9.62 Å². The summed E-state index contributed by atoms with van der Waals surface area (Å²) >= 11 is 0. The van der Waals surface area contributed by atoms with Crippen LogP contribution in [-0.4, -0.2) is 43.1 Å². The monoisotopic (exact) mass is 374 g/mol. The second-order valence-corrected chi connectivity index (χ2v) is 8.80. The standard InChI is InChI=1S/C20H26N2O3S/c1-16-9-11-18(12-10-16)26(24,25)22-13-5-8-20(23)19(15-22)21-14-17-6-3-2-4-7-17/h2-4,6-7,9-12,19-21,23H,5,8,13-15H2,1H3/t19-,20-/m1/s1. The molecule has 2 atom stereocenters. The highest BCUT2D eigenvalue weighted by molar-refractivity contribution is 7.89. The maximum atomic E-state index is 13.0. The maximum absolute atomic E-state index is 13.0. The van der Waals surface area contributed by atoms with Gasteiger partial charge in [-0.2, -0.15) is 4.31 Å². The molecule has 1 saturated heterocycles. The predicted octanol–water partition coefficient (Wildman–Crippen LogP) is 2.30. The zero-order valence-corrected chi connectivity index (χ0v) is 15.8. The first-order valence-corrected chi connectivity index (χ1v) is 10.4. The van der Waals surface area contributed by atoms with E-state index in [9.17, 15) is 13.5 Å². The highest BCUT2D eigenvalue weighted by Gasteiger charge is 2.32. The highest BCUT2D eigenvalue weighted by atomic mass is 32.2. The van der Waals surface area contributed by atoms with Crippen molar-refractivity contribution in [3.8, 4) is 0 Å². The molecule has 0 aromatic heterocycles. The Morgan fingerprint density at radius 2 is 1.81 bits per heavy atom. The fourth-order valence-electron chi connectivity index (χ4n) is 3.23. The zero-order chi connectivity index (χ0) is 18.6. The van der Waals surface area contributed by atoms with Crippen LogP contribution < -0.4 is 5.32 Å². The van der Waals surface area contributed by atoms with E-state index < -0.39 is 16.1 Å². The van der Waals surface area contributed by atoms with Crippen LogP contribution in [0.2, 0.25) is 0 Å². The largest absolute Gasteiger partial charge is 0.391 e. The fourth-order valence-corrected chi connectivity index (χ4v) is 4.74. The van der Waals surface area contributed by atoms with Crippen molar-refractivity contribution < 1.29 is 13.5 Å². The molecule has 1 aliphatic heterocycles. The Morgan fingerprint density at radius 3 is 2.50 bits per heavy atom. The molecular weight excluding hydrogens is 348 g/mol. The Balaban J connectivity index is 1.74. The van der Waals surface area contributed by atoms with Crippen LogP contribution in [0.1, 0.15) is 24.0 Å². The van der Waals surface area contributed by atoms with Gasteiger partial charge in [0, 0.05) is 25.7 Å². The number of rotatable bonds is 5. The third-order valence-corrected chi connectivity index (χ3v) is 6.72. The molecular formula is C20H26N2O3S. The molecule has 0 bridgehead atoms. The smallest absolute Gasteiger partial charge is 0.243 e. The van der Waals surface area contributed by atoms with Crippen molar-refractivity contribution in [2.45, 2.75) is 43.4 Å². The molecule has 0 spiro atoms. The molecule has 26 heavy (non-hydrogen) atoms. The molecule has 5 nitrogen and oxygen atoms in total. The van der Waals surface area contributed by atoms with Gasteiger partial charge < -0.3 is 10.4 Å². The van der Waals surface area contributed by atoms with Crippen molar-refractivity contribution in [2.24, 2.45) is 0 Å². The predicted molar refractivity (Wildman–Crippen MR) is 102 cm³/mol. The number of aryl methyl sites for hydroxylation is 1. The van der Waals surface area contributed by atoms with Gasteiger partial charge in [-0.1, -0.05) is 48.0 Å². The van der Waals surface area contributed by atoms with Crippen molar-refractivity contribution in [3.05, 3.63) is 65.7 Å². The van der Waals surface area contributed by atoms with Crippen LogP contribution in [0.15, 0.2) is 59.5 Å². The van der Waals surface area contributed by atoms with E-state index in [0.717, 1.165) is 11.1 Å². The van der Waals surface area contributed by atoms with E-state index in [1.54, 1.807) is 12.1 Å². The van der Waals surface area contributed by atoms with Gasteiger partial charge in [0.05, 0.1) is 11.0 Å². The van der Waals surface area contributed by atoms with Crippen molar-refractivity contribution in [2.75, 3.05) is 13.1 Å². The first-order chi connectivity index (χ1) is 12.5. The number of sulfonamides is 1. The number of nitrogens with zero attached hydrogens (tertiary/aromatic N) is 1. The Hall–Kier alpha value is -1.73. The van der Waals surface area contributed by atoms with E-state index in [0.29, 0.717) is 30.8 Å². The molecule has 1 aliphatic rings. The van der Waals surface area contributed by atoms with Crippen LogP contribution in [0.5, 0.6) is 0 Å². The third kappa shape index (κ3) is 4.51. The molecule has 0 amide bonds. The molecule has 2 aromatic carbocycles. The van der Waals surface area contributed by atoms with Crippen molar-refractivity contribution >= 4 is 10.0 Å². The van der Waals surface area contributed by atoms with E-state index in [2.05, 4.69) is 5.32 Å².